The van der Waals surface area contributed by atoms with Gasteiger partial charge in [-0.05, 0) is 31.7 Å². The molecule has 0 bridgehead atoms. The van der Waals surface area contributed by atoms with E-state index in [9.17, 15) is 8.42 Å². The molecular weight excluding hydrogens is 475 g/mol. The molecule has 1 aromatic rings. The molecule has 27 heavy (non-hydrogen) atoms. The summed E-state index contributed by atoms with van der Waals surface area (Å²) in [4.78, 5) is 4.29. The zero-order valence-corrected chi connectivity index (χ0v) is 19.5. The van der Waals surface area contributed by atoms with Crippen LogP contribution < -0.4 is 15.4 Å². The Kier molecular flexibility index (Phi) is 10.6. The lowest BCUT2D eigenvalue weighted by molar-refractivity contribution is 0.431. The van der Waals surface area contributed by atoms with Crippen molar-refractivity contribution in [2.45, 2.75) is 44.4 Å². The fraction of sp³-hybridized carbons (Fsp3) is 0.632. The number of sulfonamides is 1. The molecule has 1 saturated carbocycles. The summed E-state index contributed by atoms with van der Waals surface area (Å²) in [6, 6.07) is 10.7. The van der Waals surface area contributed by atoms with Crippen LogP contribution in [0.2, 0.25) is 0 Å². The molecule has 0 amide bonds. The summed E-state index contributed by atoms with van der Waals surface area (Å²) >= 11 is 0. The zero-order chi connectivity index (χ0) is 18.9. The Morgan fingerprint density at radius 2 is 1.78 bits per heavy atom. The standard InChI is InChI=1S/C19H32N4O2S.HI/c1-3-26(24,25)23-15-9-14-21-18(20-2)22-16-19(12-7-8-13-19)17-10-5-4-6-11-17;/h4-6,10-11,23H,3,7-9,12-16H2,1-2H3,(H2,20,21,22);1H. The minimum atomic E-state index is -3.11. The van der Waals surface area contributed by atoms with Gasteiger partial charge in [-0.25, -0.2) is 13.1 Å². The summed E-state index contributed by atoms with van der Waals surface area (Å²) in [6.45, 7) is 3.61. The minimum Gasteiger partial charge on any atom is -0.356 e. The molecule has 6 nitrogen and oxygen atoms in total. The third kappa shape index (κ3) is 7.57. The molecule has 0 heterocycles. The fourth-order valence-electron chi connectivity index (χ4n) is 3.51. The van der Waals surface area contributed by atoms with Gasteiger partial charge in [-0.1, -0.05) is 43.2 Å². The van der Waals surface area contributed by atoms with Gasteiger partial charge >= 0.3 is 0 Å². The monoisotopic (exact) mass is 508 g/mol. The van der Waals surface area contributed by atoms with Crippen molar-refractivity contribution in [1.29, 1.82) is 0 Å². The van der Waals surface area contributed by atoms with Gasteiger partial charge < -0.3 is 10.6 Å². The largest absolute Gasteiger partial charge is 0.356 e. The third-order valence-electron chi connectivity index (χ3n) is 5.11. The van der Waals surface area contributed by atoms with E-state index in [4.69, 9.17) is 0 Å². The maximum absolute atomic E-state index is 11.4. The summed E-state index contributed by atoms with van der Waals surface area (Å²) in [5.41, 5.74) is 1.57. The van der Waals surface area contributed by atoms with Crippen molar-refractivity contribution >= 4 is 40.0 Å². The van der Waals surface area contributed by atoms with Gasteiger partial charge in [-0.15, -0.1) is 24.0 Å². The maximum Gasteiger partial charge on any atom is 0.211 e. The van der Waals surface area contributed by atoms with E-state index in [0.29, 0.717) is 19.5 Å². The number of aliphatic imine (C=N–C) groups is 1. The number of nitrogens with one attached hydrogen (secondary N) is 3. The molecule has 2 rings (SSSR count). The van der Waals surface area contributed by atoms with E-state index < -0.39 is 10.0 Å². The highest BCUT2D eigenvalue weighted by molar-refractivity contribution is 14.0. The van der Waals surface area contributed by atoms with Crippen LogP contribution in [0, 0.1) is 0 Å². The van der Waals surface area contributed by atoms with Crippen molar-refractivity contribution in [3.05, 3.63) is 35.9 Å². The molecule has 3 N–H and O–H groups in total. The van der Waals surface area contributed by atoms with Gasteiger partial charge in [0.05, 0.1) is 5.75 Å². The van der Waals surface area contributed by atoms with Crippen molar-refractivity contribution in [1.82, 2.24) is 15.4 Å². The highest BCUT2D eigenvalue weighted by Gasteiger charge is 2.35. The van der Waals surface area contributed by atoms with Gasteiger partial charge in [0.1, 0.15) is 0 Å². The fourth-order valence-corrected chi connectivity index (χ4v) is 4.17. The van der Waals surface area contributed by atoms with E-state index >= 15 is 0 Å². The number of hydrogen-bond acceptors (Lipinski definition) is 3. The predicted octanol–water partition coefficient (Wildman–Crippen LogP) is 2.61. The lowest BCUT2D eigenvalue weighted by Crippen LogP contribution is -2.45. The normalized spacial score (nSPS) is 16.6. The second-order valence-corrected chi connectivity index (χ2v) is 8.95. The van der Waals surface area contributed by atoms with Crippen LogP contribution in [-0.4, -0.2) is 46.8 Å². The molecule has 0 radical (unpaired) electrons. The number of nitrogens with zero attached hydrogens (tertiary/aromatic N) is 1. The molecule has 0 saturated heterocycles. The lowest BCUT2D eigenvalue weighted by atomic mass is 9.79. The average molecular weight is 508 g/mol. The van der Waals surface area contributed by atoms with E-state index in [1.165, 1.54) is 31.2 Å². The average Bonchev–Trinajstić information content (AvgIpc) is 3.15. The van der Waals surface area contributed by atoms with Crippen LogP contribution in [0.1, 0.15) is 44.6 Å². The summed E-state index contributed by atoms with van der Waals surface area (Å²) in [7, 11) is -1.35. The number of rotatable bonds is 9. The molecular formula is C19H33IN4O2S. The molecule has 0 unspecified atom stereocenters. The quantitative estimate of drug-likeness (QED) is 0.207. The van der Waals surface area contributed by atoms with Crippen LogP contribution in [-0.2, 0) is 15.4 Å². The topological polar surface area (TPSA) is 82.6 Å². The van der Waals surface area contributed by atoms with Gasteiger partial charge in [0.25, 0.3) is 0 Å². The van der Waals surface area contributed by atoms with Gasteiger partial charge in [-0.2, -0.15) is 0 Å². The molecule has 0 atom stereocenters. The van der Waals surface area contributed by atoms with Gasteiger partial charge in [0.15, 0.2) is 5.96 Å². The molecule has 1 aliphatic carbocycles. The summed E-state index contributed by atoms with van der Waals surface area (Å²) in [6.07, 6.45) is 5.63. The van der Waals surface area contributed by atoms with E-state index in [-0.39, 0.29) is 35.1 Å². The van der Waals surface area contributed by atoms with E-state index in [1.54, 1.807) is 14.0 Å². The highest BCUT2D eigenvalue weighted by atomic mass is 127. The third-order valence-corrected chi connectivity index (χ3v) is 6.52. The smallest absolute Gasteiger partial charge is 0.211 e. The highest BCUT2D eigenvalue weighted by Crippen LogP contribution is 2.40. The number of benzene rings is 1. The second-order valence-electron chi connectivity index (χ2n) is 6.86. The molecule has 1 fully saturated rings. The zero-order valence-electron chi connectivity index (χ0n) is 16.3. The molecule has 1 aromatic carbocycles. The Bertz CT molecular complexity index is 674. The Labute approximate surface area is 181 Å². The maximum atomic E-state index is 11.4. The van der Waals surface area contributed by atoms with Gasteiger partial charge in [-0.3, -0.25) is 4.99 Å². The van der Waals surface area contributed by atoms with Crippen LogP contribution in [0.3, 0.4) is 0 Å². The van der Waals surface area contributed by atoms with E-state index in [0.717, 1.165) is 12.5 Å². The SMILES string of the molecule is CCS(=O)(=O)NCCCNC(=NC)NCC1(c2ccccc2)CCCC1.I. The van der Waals surface area contributed by atoms with Crippen LogP contribution >= 0.6 is 24.0 Å². The summed E-state index contributed by atoms with van der Waals surface area (Å²) in [5.74, 6) is 0.885. The Morgan fingerprint density at radius 1 is 1.11 bits per heavy atom. The van der Waals surface area contributed by atoms with Crippen molar-refractivity contribution < 1.29 is 8.42 Å². The van der Waals surface area contributed by atoms with Gasteiger partial charge in [0.2, 0.25) is 10.0 Å². The second kappa shape index (κ2) is 11.9. The number of halogens is 1. The summed E-state index contributed by atoms with van der Waals surface area (Å²) < 4.78 is 25.4. The van der Waals surface area contributed by atoms with Crippen LogP contribution in [0.5, 0.6) is 0 Å². The minimum absolute atomic E-state index is 0. The molecule has 154 valence electrons. The lowest BCUT2D eigenvalue weighted by Gasteiger charge is -2.30. The van der Waals surface area contributed by atoms with Crippen LogP contribution in [0.4, 0.5) is 0 Å². The Balaban J connectivity index is 0.00000364. The first-order valence-corrected chi connectivity index (χ1v) is 11.1. The van der Waals surface area contributed by atoms with Crippen molar-refractivity contribution in [2.75, 3.05) is 32.4 Å². The van der Waals surface area contributed by atoms with Crippen molar-refractivity contribution in [3.8, 4) is 0 Å². The Hall–Kier alpha value is -0.870. The van der Waals surface area contributed by atoms with Crippen molar-refractivity contribution in [3.63, 3.8) is 0 Å². The molecule has 0 aliphatic heterocycles. The molecule has 0 spiro atoms. The number of hydrogen-bond donors (Lipinski definition) is 3. The van der Waals surface area contributed by atoms with E-state index in [1.807, 2.05) is 0 Å². The predicted molar refractivity (Wildman–Crippen MR) is 123 cm³/mol. The first-order chi connectivity index (χ1) is 12.5. The first kappa shape index (κ1) is 24.2. The molecule has 0 aromatic heterocycles. The molecule has 1 aliphatic rings. The Morgan fingerprint density at radius 3 is 2.37 bits per heavy atom. The number of guanidine groups is 1. The first-order valence-electron chi connectivity index (χ1n) is 9.49. The summed E-state index contributed by atoms with van der Waals surface area (Å²) in [5, 5.41) is 6.74. The van der Waals surface area contributed by atoms with Crippen LogP contribution in [0.25, 0.3) is 0 Å². The van der Waals surface area contributed by atoms with Gasteiger partial charge in [0, 0.05) is 32.1 Å². The molecule has 8 heteroatoms. The van der Waals surface area contributed by atoms with E-state index in [2.05, 4.69) is 50.7 Å². The van der Waals surface area contributed by atoms with Crippen LogP contribution in [0.15, 0.2) is 35.3 Å². The van der Waals surface area contributed by atoms with Crippen molar-refractivity contribution in [2.24, 2.45) is 4.99 Å².